The van der Waals surface area contributed by atoms with Crippen LogP contribution in [0.15, 0.2) is 28.9 Å². The summed E-state index contributed by atoms with van der Waals surface area (Å²) in [5, 5.41) is 2.99. The van der Waals surface area contributed by atoms with Crippen molar-refractivity contribution in [1.29, 1.82) is 0 Å². The number of nitrogens with one attached hydrogen (secondary N) is 1. The van der Waals surface area contributed by atoms with Gasteiger partial charge in [-0.2, -0.15) is 0 Å². The van der Waals surface area contributed by atoms with E-state index in [1.807, 2.05) is 13.0 Å². The molecule has 2 unspecified atom stereocenters. The van der Waals surface area contributed by atoms with Gasteiger partial charge in [0.25, 0.3) is 0 Å². The largest absolute Gasteiger partial charge is 0.465 e. The van der Waals surface area contributed by atoms with Crippen molar-refractivity contribution in [3.63, 3.8) is 0 Å². The SMILES string of the molecule is CC(NC(=O)/C=C/c1ccco1)C(C)N1CCOCC1. The molecule has 0 radical (unpaired) electrons. The Kier molecular flexibility index (Phi) is 5.38. The molecule has 1 aliphatic rings. The van der Waals surface area contributed by atoms with Crippen LogP contribution in [0.25, 0.3) is 6.08 Å². The molecular formula is C15H22N2O3. The fourth-order valence-corrected chi connectivity index (χ4v) is 2.24. The van der Waals surface area contributed by atoms with E-state index in [9.17, 15) is 4.79 Å². The fraction of sp³-hybridized carbons (Fsp3) is 0.533. The maximum Gasteiger partial charge on any atom is 0.244 e. The monoisotopic (exact) mass is 278 g/mol. The van der Waals surface area contributed by atoms with E-state index in [0.29, 0.717) is 11.8 Å². The molecule has 1 aliphatic heterocycles. The first-order valence-electron chi connectivity index (χ1n) is 7.00. The predicted molar refractivity (Wildman–Crippen MR) is 77.2 cm³/mol. The van der Waals surface area contributed by atoms with E-state index in [1.165, 1.54) is 6.08 Å². The highest BCUT2D eigenvalue weighted by molar-refractivity contribution is 5.91. The Labute approximate surface area is 119 Å². The molecule has 1 amide bonds. The third kappa shape index (κ3) is 4.21. The molecule has 0 aliphatic carbocycles. The molecule has 5 nitrogen and oxygen atoms in total. The average Bonchev–Trinajstić information content (AvgIpc) is 2.98. The summed E-state index contributed by atoms with van der Waals surface area (Å²) in [5.74, 6) is 0.572. The number of morpholine rings is 1. The standard InChI is InChI=1S/C15H22N2O3/c1-12(13(2)17-7-10-19-11-8-17)16-15(18)6-5-14-4-3-9-20-14/h3-6,9,12-13H,7-8,10-11H2,1-2H3,(H,16,18)/b6-5+. The van der Waals surface area contributed by atoms with Gasteiger partial charge in [0.05, 0.1) is 19.5 Å². The van der Waals surface area contributed by atoms with E-state index in [4.69, 9.17) is 9.15 Å². The Bertz CT molecular complexity index is 436. The van der Waals surface area contributed by atoms with Crippen LogP contribution in [0.2, 0.25) is 0 Å². The Balaban J connectivity index is 1.80. The molecule has 20 heavy (non-hydrogen) atoms. The highest BCUT2D eigenvalue weighted by Crippen LogP contribution is 2.08. The summed E-state index contributed by atoms with van der Waals surface area (Å²) in [4.78, 5) is 14.2. The summed E-state index contributed by atoms with van der Waals surface area (Å²) >= 11 is 0. The first-order chi connectivity index (χ1) is 9.66. The van der Waals surface area contributed by atoms with Gasteiger partial charge in [-0.1, -0.05) is 0 Å². The van der Waals surface area contributed by atoms with Crippen LogP contribution in [0.4, 0.5) is 0 Å². The van der Waals surface area contributed by atoms with Crippen molar-refractivity contribution in [2.45, 2.75) is 25.9 Å². The molecule has 1 aromatic heterocycles. The van der Waals surface area contributed by atoms with Gasteiger partial charge < -0.3 is 14.5 Å². The zero-order valence-electron chi connectivity index (χ0n) is 12.0. The predicted octanol–water partition coefficient (Wildman–Crippen LogP) is 1.52. The van der Waals surface area contributed by atoms with E-state index in [1.54, 1.807) is 18.4 Å². The molecule has 2 atom stereocenters. The van der Waals surface area contributed by atoms with Crippen LogP contribution in [-0.4, -0.2) is 49.2 Å². The number of hydrogen-bond acceptors (Lipinski definition) is 4. The fourth-order valence-electron chi connectivity index (χ4n) is 2.24. The molecule has 1 fully saturated rings. The van der Waals surface area contributed by atoms with Crippen molar-refractivity contribution in [3.05, 3.63) is 30.2 Å². The molecule has 1 saturated heterocycles. The number of carbonyl (C=O) groups excluding carboxylic acids is 1. The second-order valence-corrected chi connectivity index (χ2v) is 5.03. The molecule has 2 heterocycles. The number of nitrogens with zero attached hydrogens (tertiary/aromatic N) is 1. The van der Waals surface area contributed by atoms with Gasteiger partial charge >= 0.3 is 0 Å². The number of hydrogen-bond donors (Lipinski definition) is 1. The smallest absolute Gasteiger partial charge is 0.244 e. The summed E-state index contributed by atoms with van der Waals surface area (Å²) in [7, 11) is 0. The van der Waals surface area contributed by atoms with Crippen LogP contribution in [0.5, 0.6) is 0 Å². The van der Waals surface area contributed by atoms with E-state index >= 15 is 0 Å². The van der Waals surface area contributed by atoms with Gasteiger partial charge in [-0.25, -0.2) is 0 Å². The third-order valence-corrected chi connectivity index (χ3v) is 3.66. The Morgan fingerprint density at radius 1 is 1.40 bits per heavy atom. The molecule has 5 heteroatoms. The maximum atomic E-state index is 11.9. The molecule has 1 aromatic rings. The Hall–Kier alpha value is -1.59. The van der Waals surface area contributed by atoms with Crippen molar-refractivity contribution < 1.29 is 13.9 Å². The number of amides is 1. The van der Waals surface area contributed by atoms with Crippen molar-refractivity contribution in [1.82, 2.24) is 10.2 Å². The van der Waals surface area contributed by atoms with Crippen molar-refractivity contribution in [3.8, 4) is 0 Å². The Morgan fingerprint density at radius 2 is 2.15 bits per heavy atom. The number of furan rings is 1. The van der Waals surface area contributed by atoms with Gasteiger partial charge in [-0.15, -0.1) is 0 Å². The minimum atomic E-state index is -0.103. The zero-order chi connectivity index (χ0) is 14.4. The lowest BCUT2D eigenvalue weighted by molar-refractivity contribution is -0.117. The molecule has 0 aromatic carbocycles. The lowest BCUT2D eigenvalue weighted by Gasteiger charge is -2.35. The molecular weight excluding hydrogens is 256 g/mol. The van der Waals surface area contributed by atoms with E-state index in [-0.39, 0.29) is 11.9 Å². The van der Waals surface area contributed by atoms with Crippen molar-refractivity contribution in [2.24, 2.45) is 0 Å². The van der Waals surface area contributed by atoms with E-state index in [2.05, 4.69) is 17.1 Å². The molecule has 110 valence electrons. The zero-order valence-corrected chi connectivity index (χ0v) is 12.0. The topological polar surface area (TPSA) is 54.7 Å². The van der Waals surface area contributed by atoms with Gasteiger partial charge in [-0.3, -0.25) is 9.69 Å². The molecule has 1 N–H and O–H groups in total. The van der Waals surface area contributed by atoms with E-state index < -0.39 is 0 Å². The second-order valence-electron chi connectivity index (χ2n) is 5.03. The number of rotatable bonds is 5. The number of ether oxygens (including phenoxy) is 1. The van der Waals surface area contributed by atoms with Crippen LogP contribution in [-0.2, 0) is 9.53 Å². The highest BCUT2D eigenvalue weighted by atomic mass is 16.5. The van der Waals surface area contributed by atoms with Crippen LogP contribution in [0.3, 0.4) is 0 Å². The van der Waals surface area contributed by atoms with Gasteiger partial charge in [0.2, 0.25) is 5.91 Å². The third-order valence-electron chi connectivity index (χ3n) is 3.66. The number of carbonyl (C=O) groups is 1. The van der Waals surface area contributed by atoms with Gasteiger partial charge in [0, 0.05) is 31.2 Å². The summed E-state index contributed by atoms with van der Waals surface area (Å²) < 4.78 is 10.5. The first kappa shape index (κ1) is 14.8. The van der Waals surface area contributed by atoms with Crippen LogP contribution in [0.1, 0.15) is 19.6 Å². The lowest BCUT2D eigenvalue weighted by atomic mass is 10.1. The molecule has 2 rings (SSSR count). The van der Waals surface area contributed by atoms with Gasteiger partial charge in [0.15, 0.2) is 0 Å². The second kappa shape index (κ2) is 7.26. The highest BCUT2D eigenvalue weighted by Gasteiger charge is 2.22. The van der Waals surface area contributed by atoms with Crippen molar-refractivity contribution in [2.75, 3.05) is 26.3 Å². The summed E-state index contributed by atoms with van der Waals surface area (Å²) in [6.45, 7) is 7.53. The summed E-state index contributed by atoms with van der Waals surface area (Å²) in [6.07, 6.45) is 4.75. The van der Waals surface area contributed by atoms with Crippen LogP contribution in [0, 0.1) is 0 Å². The van der Waals surface area contributed by atoms with Crippen LogP contribution < -0.4 is 5.32 Å². The Morgan fingerprint density at radius 3 is 2.80 bits per heavy atom. The van der Waals surface area contributed by atoms with Gasteiger partial charge in [0.1, 0.15) is 5.76 Å². The first-order valence-corrected chi connectivity index (χ1v) is 7.00. The minimum Gasteiger partial charge on any atom is -0.465 e. The van der Waals surface area contributed by atoms with E-state index in [0.717, 1.165) is 26.3 Å². The lowest BCUT2D eigenvalue weighted by Crippen LogP contribution is -2.51. The normalized spacial score (nSPS) is 19.9. The molecule has 0 saturated carbocycles. The van der Waals surface area contributed by atoms with Gasteiger partial charge in [-0.05, 0) is 32.1 Å². The molecule has 0 spiro atoms. The summed E-state index contributed by atoms with van der Waals surface area (Å²) in [5.41, 5.74) is 0. The average molecular weight is 278 g/mol. The maximum absolute atomic E-state index is 11.9. The molecule has 0 bridgehead atoms. The minimum absolute atomic E-state index is 0.0850. The van der Waals surface area contributed by atoms with Crippen molar-refractivity contribution >= 4 is 12.0 Å². The summed E-state index contributed by atoms with van der Waals surface area (Å²) in [6, 6.07) is 3.98. The van der Waals surface area contributed by atoms with Crippen LogP contribution >= 0.6 is 0 Å². The quantitative estimate of drug-likeness (QED) is 0.830.